The van der Waals surface area contributed by atoms with Crippen molar-refractivity contribution in [2.45, 2.75) is 45.4 Å². The Balaban J connectivity index is 2.56. The molecule has 0 aliphatic carbocycles. The van der Waals surface area contributed by atoms with Crippen LogP contribution in [0.1, 0.15) is 37.8 Å². The fourth-order valence-electron chi connectivity index (χ4n) is 1.67. The lowest BCUT2D eigenvalue weighted by Gasteiger charge is -2.14. The van der Waals surface area contributed by atoms with Gasteiger partial charge in [0, 0.05) is 10.6 Å². The van der Waals surface area contributed by atoms with Crippen molar-refractivity contribution < 1.29 is 4.21 Å². The third-order valence-electron chi connectivity index (χ3n) is 3.18. The zero-order valence-electron chi connectivity index (χ0n) is 11.6. The minimum Gasteiger partial charge on any atom is -0.254 e. The molecule has 1 aromatic carbocycles. The Morgan fingerprint density at radius 3 is 2.50 bits per heavy atom. The fourth-order valence-corrected chi connectivity index (χ4v) is 2.84. The molecule has 1 rings (SSSR count). The topological polar surface area (TPSA) is 40.9 Å². The molecule has 0 fully saturated rings. The van der Waals surface area contributed by atoms with Gasteiger partial charge >= 0.3 is 0 Å². The van der Waals surface area contributed by atoms with Crippen LogP contribution in [0.4, 0.5) is 0 Å². The molecule has 18 heavy (non-hydrogen) atoms. The maximum Gasteiger partial charge on any atom is 0.0683 e. The van der Waals surface area contributed by atoms with Gasteiger partial charge in [-0.1, -0.05) is 6.07 Å². The Morgan fingerprint density at radius 1 is 1.28 bits per heavy atom. The number of aryl methyl sites for hydroxylation is 2. The molecule has 0 heterocycles. The van der Waals surface area contributed by atoms with Gasteiger partial charge in [0.25, 0.3) is 0 Å². The zero-order valence-corrected chi connectivity index (χ0v) is 12.4. The smallest absolute Gasteiger partial charge is 0.0683 e. The van der Waals surface area contributed by atoms with Gasteiger partial charge in [-0.15, -0.1) is 0 Å². The third kappa shape index (κ3) is 4.27. The Bertz CT molecular complexity index is 486. The van der Waals surface area contributed by atoms with Crippen LogP contribution in [-0.2, 0) is 10.8 Å². The van der Waals surface area contributed by atoms with Crippen molar-refractivity contribution >= 4 is 10.8 Å². The summed E-state index contributed by atoms with van der Waals surface area (Å²) in [7, 11) is -0.948. The average Bonchev–Trinajstić information content (AvgIpc) is 2.32. The normalized spacial score (nSPS) is 13.1. The average molecular weight is 263 g/mol. The van der Waals surface area contributed by atoms with Crippen molar-refractivity contribution in [1.82, 2.24) is 0 Å². The molecule has 1 atom stereocenters. The van der Waals surface area contributed by atoms with Gasteiger partial charge in [-0.3, -0.25) is 4.21 Å². The summed E-state index contributed by atoms with van der Waals surface area (Å²) < 4.78 is 12.1. The van der Waals surface area contributed by atoms with E-state index in [-0.39, 0.29) is 5.41 Å². The Kier molecular flexibility index (Phi) is 5.10. The van der Waals surface area contributed by atoms with E-state index in [4.69, 9.17) is 5.26 Å². The Morgan fingerprint density at radius 2 is 1.94 bits per heavy atom. The summed E-state index contributed by atoms with van der Waals surface area (Å²) in [5, 5.41) is 8.92. The Hall–Kier alpha value is -1.14. The van der Waals surface area contributed by atoms with E-state index in [1.807, 2.05) is 39.0 Å². The molecule has 0 saturated carbocycles. The lowest BCUT2D eigenvalue weighted by molar-refractivity contribution is 0.447. The number of hydrogen-bond acceptors (Lipinski definition) is 2. The highest BCUT2D eigenvalue weighted by molar-refractivity contribution is 7.85. The SMILES string of the molecule is Cc1ccc(S(=O)CCCC(C)(C)C#N)cc1C. The van der Waals surface area contributed by atoms with E-state index in [9.17, 15) is 4.21 Å². The Labute approximate surface area is 112 Å². The van der Waals surface area contributed by atoms with Gasteiger partial charge in [-0.05, 0) is 63.8 Å². The van der Waals surface area contributed by atoms with Gasteiger partial charge in [0.2, 0.25) is 0 Å². The quantitative estimate of drug-likeness (QED) is 0.812. The van der Waals surface area contributed by atoms with Crippen LogP contribution in [-0.4, -0.2) is 9.96 Å². The predicted molar refractivity (Wildman–Crippen MR) is 75.8 cm³/mol. The molecule has 0 saturated heterocycles. The standard InChI is InChI=1S/C15H21NOS/c1-12-6-7-14(10-13(12)2)18(17)9-5-8-15(3,4)11-16/h6-7,10H,5,8-9H2,1-4H3. The molecule has 0 amide bonds. The molecule has 0 aromatic heterocycles. The van der Waals surface area contributed by atoms with Crippen LogP contribution in [0.3, 0.4) is 0 Å². The molecule has 0 bridgehead atoms. The van der Waals surface area contributed by atoms with E-state index in [2.05, 4.69) is 13.0 Å². The summed E-state index contributed by atoms with van der Waals surface area (Å²) >= 11 is 0. The second-order valence-corrected chi connectivity index (χ2v) is 6.97. The first-order valence-corrected chi connectivity index (χ1v) is 7.54. The number of nitrogens with zero attached hydrogens (tertiary/aromatic N) is 1. The van der Waals surface area contributed by atoms with Crippen molar-refractivity contribution in [2.24, 2.45) is 5.41 Å². The summed E-state index contributed by atoms with van der Waals surface area (Å²) in [6, 6.07) is 8.23. The van der Waals surface area contributed by atoms with Gasteiger partial charge in [0.1, 0.15) is 0 Å². The number of nitriles is 1. The highest BCUT2D eigenvalue weighted by Crippen LogP contribution is 2.22. The molecule has 1 unspecified atom stereocenters. The predicted octanol–water partition coefficient (Wildman–Crippen LogP) is 3.74. The van der Waals surface area contributed by atoms with E-state index < -0.39 is 10.8 Å². The van der Waals surface area contributed by atoms with E-state index in [1.54, 1.807) is 0 Å². The van der Waals surface area contributed by atoms with E-state index in [0.29, 0.717) is 5.75 Å². The molecule has 0 aliphatic rings. The molecule has 98 valence electrons. The lowest BCUT2D eigenvalue weighted by Crippen LogP contribution is -2.10. The van der Waals surface area contributed by atoms with Gasteiger partial charge < -0.3 is 0 Å². The first kappa shape index (κ1) is 14.9. The van der Waals surface area contributed by atoms with Crippen molar-refractivity contribution in [3.05, 3.63) is 29.3 Å². The van der Waals surface area contributed by atoms with Crippen LogP contribution in [0.2, 0.25) is 0 Å². The van der Waals surface area contributed by atoms with Crippen molar-refractivity contribution in [3.63, 3.8) is 0 Å². The first-order chi connectivity index (χ1) is 8.35. The van der Waals surface area contributed by atoms with Crippen LogP contribution in [0.25, 0.3) is 0 Å². The van der Waals surface area contributed by atoms with Crippen LogP contribution < -0.4 is 0 Å². The first-order valence-electron chi connectivity index (χ1n) is 6.22. The molecular weight excluding hydrogens is 242 g/mol. The highest BCUT2D eigenvalue weighted by Gasteiger charge is 2.16. The molecule has 0 aliphatic heterocycles. The van der Waals surface area contributed by atoms with Gasteiger partial charge in [0.05, 0.1) is 22.3 Å². The molecule has 3 heteroatoms. The minimum atomic E-state index is -0.948. The summed E-state index contributed by atoms with van der Waals surface area (Å²) in [5.41, 5.74) is 2.09. The minimum absolute atomic E-state index is 0.312. The van der Waals surface area contributed by atoms with Gasteiger partial charge in [0.15, 0.2) is 0 Å². The molecule has 0 spiro atoms. The van der Waals surface area contributed by atoms with Gasteiger partial charge in [-0.2, -0.15) is 5.26 Å². The van der Waals surface area contributed by atoms with E-state index in [0.717, 1.165) is 17.7 Å². The third-order valence-corrected chi connectivity index (χ3v) is 4.61. The molecular formula is C15H21NOS. The second kappa shape index (κ2) is 6.15. The fraction of sp³-hybridized carbons (Fsp3) is 0.533. The largest absolute Gasteiger partial charge is 0.254 e. The van der Waals surface area contributed by atoms with E-state index in [1.165, 1.54) is 11.1 Å². The summed E-state index contributed by atoms with van der Waals surface area (Å²) in [5.74, 6) is 0.633. The molecule has 0 N–H and O–H groups in total. The molecule has 1 aromatic rings. The number of rotatable bonds is 5. The lowest BCUT2D eigenvalue weighted by atomic mass is 9.90. The number of benzene rings is 1. The summed E-state index contributed by atoms with van der Waals surface area (Å²) in [4.78, 5) is 0.896. The summed E-state index contributed by atoms with van der Waals surface area (Å²) in [6.07, 6.45) is 1.61. The molecule has 0 radical (unpaired) electrons. The monoisotopic (exact) mass is 263 g/mol. The van der Waals surface area contributed by atoms with Crippen LogP contribution in [0, 0.1) is 30.6 Å². The maximum atomic E-state index is 12.1. The van der Waals surface area contributed by atoms with Crippen LogP contribution in [0.5, 0.6) is 0 Å². The van der Waals surface area contributed by atoms with Gasteiger partial charge in [-0.25, -0.2) is 0 Å². The number of hydrogen-bond donors (Lipinski definition) is 0. The van der Waals surface area contributed by atoms with Crippen LogP contribution in [0.15, 0.2) is 23.1 Å². The maximum absolute atomic E-state index is 12.1. The zero-order chi connectivity index (χ0) is 13.8. The second-order valence-electron chi connectivity index (χ2n) is 5.39. The molecule has 2 nitrogen and oxygen atoms in total. The van der Waals surface area contributed by atoms with Crippen molar-refractivity contribution in [3.8, 4) is 6.07 Å². The van der Waals surface area contributed by atoms with Crippen LogP contribution >= 0.6 is 0 Å². The van der Waals surface area contributed by atoms with E-state index >= 15 is 0 Å². The summed E-state index contributed by atoms with van der Waals surface area (Å²) in [6.45, 7) is 7.93. The van der Waals surface area contributed by atoms with Crippen molar-refractivity contribution in [2.75, 3.05) is 5.75 Å². The highest BCUT2D eigenvalue weighted by atomic mass is 32.2. The van der Waals surface area contributed by atoms with Crippen molar-refractivity contribution in [1.29, 1.82) is 5.26 Å².